The summed E-state index contributed by atoms with van der Waals surface area (Å²) >= 11 is 0. The molecule has 0 bridgehead atoms. The number of amides is 1. The first-order valence-electron chi connectivity index (χ1n) is 9.57. The number of carbonyl (C=O) groups excluding carboxylic acids is 2. The van der Waals surface area contributed by atoms with E-state index in [0.29, 0.717) is 18.9 Å². The fourth-order valence-electron chi connectivity index (χ4n) is 3.68. The van der Waals surface area contributed by atoms with Gasteiger partial charge in [-0.15, -0.1) is 0 Å². The number of aliphatic imine (C=N–C) groups is 1. The minimum atomic E-state index is -0.904. The van der Waals surface area contributed by atoms with Crippen LogP contribution in [0.3, 0.4) is 0 Å². The molecule has 4 rings (SSSR count). The highest BCUT2D eigenvalue weighted by Gasteiger charge is 2.30. The van der Waals surface area contributed by atoms with Crippen molar-refractivity contribution in [2.45, 2.75) is 0 Å². The van der Waals surface area contributed by atoms with Gasteiger partial charge >= 0.3 is 0 Å². The summed E-state index contributed by atoms with van der Waals surface area (Å²) in [6, 6.07) is 11.1. The lowest BCUT2D eigenvalue weighted by atomic mass is 10.1. The molecule has 3 aromatic rings. The Bertz CT molecular complexity index is 1220. The van der Waals surface area contributed by atoms with Gasteiger partial charge in [-0.25, -0.2) is 8.78 Å². The number of nitriles is 1. The van der Waals surface area contributed by atoms with E-state index in [-0.39, 0.29) is 29.6 Å². The predicted octanol–water partition coefficient (Wildman–Crippen LogP) is 2.70. The van der Waals surface area contributed by atoms with Gasteiger partial charge in [0.25, 0.3) is 11.7 Å². The lowest BCUT2D eigenvalue weighted by Crippen LogP contribution is -2.52. The molecule has 0 saturated carbocycles. The lowest BCUT2D eigenvalue weighted by molar-refractivity contribution is -0.127. The molecule has 0 unspecified atom stereocenters. The van der Waals surface area contributed by atoms with Crippen molar-refractivity contribution in [3.05, 3.63) is 71.4 Å². The molecular weight excluding hydrogens is 404 g/mol. The van der Waals surface area contributed by atoms with Crippen molar-refractivity contribution in [3.63, 3.8) is 0 Å². The smallest absolute Gasteiger partial charge is 0.295 e. The SMILES string of the molecule is N#CN=C(c1ccccc1)N1CCN(C(=O)C(=O)c2c[nH]c3c(F)ccc(F)c23)CC1. The van der Waals surface area contributed by atoms with Gasteiger partial charge in [0.15, 0.2) is 0 Å². The molecule has 156 valence electrons. The van der Waals surface area contributed by atoms with Crippen molar-refractivity contribution in [2.24, 2.45) is 4.99 Å². The monoisotopic (exact) mass is 421 g/mol. The van der Waals surface area contributed by atoms with Gasteiger partial charge in [-0.05, 0) is 12.1 Å². The van der Waals surface area contributed by atoms with E-state index in [4.69, 9.17) is 5.26 Å². The van der Waals surface area contributed by atoms with E-state index in [1.807, 2.05) is 35.2 Å². The Morgan fingerprint density at radius 2 is 1.61 bits per heavy atom. The van der Waals surface area contributed by atoms with Gasteiger partial charge in [0.1, 0.15) is 17.5 Å². The predicted molar refractivity (Wildman–Crippen MR) is 109 cm³/mol. The number of rotatable bonds is 3. The van der Waals surface area contributed by atoms with Crippen LogP contribution in [0.15, 0.2) is 53.7 Å². The zero-order valence-corrected chi connectivity index (χ0v) is 16.3. The first kappa shape index (κ1) is 20.2. The first-order chi connectivity index (χ1) is 15.0. The number of carbonyl (C=O) groups is 2. The van der Waals surface area contributed by atoms with Gasteiger partial charge in [0, 0.05) is 43.3 Å². The van der Waals surface area contributed by atoms with Crippen molar-refractivity contribution in [3.8, 4) is 6.19 Å². The molecule has 0 spiro atoms. The second-order valence-electron chi connectivity index (χ2n) is 6.99. The molecule has 1 aliphatic rings. The molecule has 1 amide bonds. The lowest BCUT2D eigenvalue weighted by Gasteiger charge is -2.35. The summed E-state index contributed by atoms with van der Waals surface area (Å²) in [5.41, 5.74) is 0.424. The Morgan fingerprint density at radius 1 is 0.968 bits per heavy atom. The van der Waals surface area contributed by atoms with Gasteiger partial charge in [-0.3, -0.25) is 9.59 Å². The van der Waals surface area contributed by atoms with Crippen LogP contribution < -0.4 is 0 Å². The number of hydrogen-bond donors (Lipinski definition) is 1. The molecular formula is C22H17F2N5O2. The highest BCUT2D eigenvalue weighted by Crippen LogP contribution is 2.25. The Morgan fingerprint density at radius 3 is 2.29 bits per heavy atom. The van der Waals surface area contributed by atoms with E-state index in [2.05, 4.69) is 9.98 Å². The minimum Gasteiger partial charge on any atom is -0.358 e. The largest absolute Gasteiger partial charge is 0.358 e. The maximum Gasteiger partial charge on any atom is 0.295 e. The van der Waals surface area contributed by atoms with Crippen LogP contribution in [0.1, 0.15) is 15.9 Å². The molecule has 1 aliphatic heterocycles. The molecule has 31 heavy (non-hydrogen) atoms. The van der Waals surface area contributed by atoms with Crippen LogP contribution in [0.5, 0.6) is 0 Å². The number of Topliss-reactive ketones (excluding diaryl/α,β-unsaturated/α-hetero) is 1. The van der Waals surface area contributed by atoms with Crippen LogP contribution in [0.4, 0.5) is 8.78 Å². The standard InChI is InChI=1S/C22H17F2N5O2/c23-16-6-7-17(24)19-18(16)15(12-26-19)20(30)22(31)29-10-8-28(9-11-29)21(27-13-25)14-4-2-1-3-5-14/h1-7,12,26H,8-11H2. The number of benzene rings is 2. The number of amidine groups is 1. The van der Waals surface area contributed by atoms with E-state index < -0.39 is 23.3 Å². The Kier molecular flexibility index (Phi) is 5.45. The molecule has 0 atom stereocenters. The van der Waals surface area contributed by atoms with E-state index in [0.717, 1.165) is 23.9 Å². The number of ketones is 1. The molecule has 2 heterocycles. The fourth-order valence-corrected chi connectivity index (χ4v) is 3.68. The number of H-pyrrole nitrogens is 1. The first-order valence-corrected chi connectivity index (χ1v) is 9.57. The number of hydrogen-bond acceptors (Lipinski definition) is 4. The highest BCUT2D eigenvalue weighted by molar-refractivity contribution is 6.44. The van der Waals surface area contributed by atoms with Crippen molar-refractivity contribution < 1.29 is 18.4 Å². The quantitative estimate of drug-likeness (QED) is 0.231. The zero-order valence-electron chi connectivity index (χ0n) is 16.3. The van der Waals surface area contributed by atoms with Crippen molar-refractivity contribution in [1.29, 1.82) is 5.26 Å². The minimum absolute atomic E-state index is 0.152. The average Bonchev–Trinajstić information content (AvgIpc) is 3.26. The molecule has 7 nitrogen and oxygen atoms in total. The van der Waals surface area contributed by atoms with Crippen molar-refractivity contribution in [2.75, 3.05) is 26.2 Å². The Hall–Kier alpha value is -4.06. The van der Waals surface area contributed by atoms with Crippen LogP contribution >= 0.6 is 0 Å². The van der Waals surface area contributed by atoms with E-state index >= 15 is 0 Å². The van der Waals surface area contributed by atoms with Crippen molar-refractivity contribution in [1.82, 2.24) is 14.8 Å². The molecule has 1 fully saturated rings. The summed E-state index contributed by atoms with van der Waals surface area (Å²) < 4.78 is 28.1. The third kappa shape index (κ3) is 3.75. The molecule has 0 radical (unpaired) electrons. The summed E-state index contributed by atoms with van der Waals surface area (Å²) in [7, 11) is 0. The summed E-state index contributed by atoms with van der Waals surface area (Å²) in [6.45, 7) is 1.18. The van der Waals surface area contributed by atoms with Crippen LogP contribution in [0, 0.1) is 23.1 Å². The number of nitrogens with zero attached hydrogens (tertiary/aromatic N) is 4. The molecule has 1 aromatic heterocycles. The summed E-state index contributed by atoms with van der Waals surface area (Å²) in [4.78, 5) is 35.2. The molecule has 0 aliphatic carbocycles. The van der Waals surface area contributed by atoms with Gasteiger partial charge in [0.2, 0.25) is 6.19 Å². The highest BCUT2D eigenvalue weighted by atomic mass is 19.1. The summed E-state index contributed by atoms with van der Waals surface area (Å²) in [6.07, 6.45) is 2.96. The molecule has 1 saturated heterocycles. The van der Waals surface area contributed by atoms with Gasteiger partial charge in [0.05, 0.1) is 11.1 Å². The zero-order chi connectivity index (χ0) is 22.0. The van der Waals surface area contributed by atoms with Crippen LogP contribution in [0.2, 0.25) is 0 Å². The Balaban J connectivity index is 1.50. The second kappa shape index (κ2) is 8.36. The fraction of sp³-hybridized carbons (Fsp3) is 0.182. The van der Waals surface area contributed by atoms with Gasteiger partial charge in [-0.1, -0.05) is 30.3 Å². The number of fused-ring (bicyclic) bond motifs is 1. The van der Waals surface area contributed by atoms with E-state index in [1.165, 1.54) is 4.90 Å². The third-order valence-corrected chi connectivity index (χ3v) is 5.23. The number of halogens is 2. The van der Waals surface area contributed by atoms with Gasteiger partial charge in [-0.2, -0.15) is 10.3 Å². The average molecular weight is 421 g/mol. The molecule has 2 aromatic carbocycles. The van der Waals surface area contributed by atoms with Gasteiger partial charge < -0.3 is 14.8 Å². The summed E-state index contributed by atoms with van der Waals surface area (Å²) in [5.74, 6) is -2.68. The maximum atomic E-state index is 14.2. The number of aromatic nitrogens is 1. The topological polar surface area (TPSA) is 92.6 Å². The van der Waals surface area contributed by atoms with Crippen molar-refractivity contribution >= 4 is 28.4 Å². The number of nitrogens with one attached hydrogen (secondary N) is 1. The number of aromatic amines is 1. The Labute approximate surface area is 176 Å². The third-order valence-electron chi connectivity index (χ3n) is 5.23. The number of piperazine rings is 1. The normalized spacial score (nSPS) is 14.5. The van der Waals surface area contributed by atoms with Crippen LogP contribution in [0.25, 0.3) is 10.9 Å². The molecule has 1 N–H and O–H groups in total. The van der Waals surface area contributed by atoms with Crippen LogP contribution in [-0.4, -0.2) is 58.5 Å². The van der Waals surface area contributed by atoms with E-state index in [1.54, 1.807) is 6.19 Å². The molecule has 9 heteroatoms. The second-order valence-corrected chi connectivity index (χ2v) is 6.99. The van der Waals surface area contributed by atoms with E-state index in [9.17, 15) is 18.4 Å². The maximum absolute atomic E-state index is 14.2. The van der Waals surface area contributed by atoms with Crippen LogP contribution in [-0.2, 0) is 4.79 Å². The summed E-state index contributed by atoms with van der Waals surface area (Å²) in [5, 5.41) is 8.81.